The van der Waals surface area contributed by atoms with Crippen LogP contribution in [0.25, 0.3) is 0 Å². The quantitative estimate of drug-likeness (QED) is 0.855. The molecule has 0 unspecified atom stereocenters. The highest BCUT2D eigenvalue weighted by atomic mass is 32.1. The zero-order valence-electron chi connectivity index (χ0n) is 11.0. The van der Waals surface area contributed by atoms with Crippen molar-refractivity contribution in [2.24, 2.45) is 0 Å². The van der Waals surface area contributed by atoms with Crippen molar-refractivity contribution < 1.29 is 14.3 Å². The molecule has 2 rings (SSSR count). The zero-order chi connectivity index (χ0) is 14.5. The maximum Gasteiger partial charge on any atom is 0.257 e. The van der Waals surface area contributed by atoms with Crippen molar-refractivity contribution >= 4 is 28.2 Å². The van der Waals surface area contributed by atoms with Crippen LogP contribution in [0.4, 0.5) is 5.13 Å². The fraction of sp³-hybridized carbons (Fsp3) is 0.231. The minimum atomic E-state index is -0.321. The topological polar surface area (TPSA) is 81.2 Å². The van der Waals surface area contributed by atoms with Gasteiger partial charge in [0.2, 0.25) is 5.88 Å². The maximum atomic E-state index is 12.0. The first-order valence-electron chi connectivity index (χ1n) is 5.97. The summed E-state index contributed by atoms with van der Waals surface area (Å²) in [6.07, 6.45) is 1.50. The summed E-state index contributed by atoms with van der Waals surface area (Å²) in [6.45, 7) is 3.75. The molecule has 104 valence electrons. The van der Waals surface area contributed by atoms with Gasteiger partial charge in [0.25, 0.3) is 5.91 Å². The molecule has 2 heterocycles. The summed E-state index contributed by atoms with van der Waals surface area (Å²) in [5.74, 6) is -0.0641. The lowest BCUT2D eigenvalue weighted by atomic mass is 10.2. The van der Waals surface area contributed by atoms with E-state index in [2.05, 4.69) is 15.3 Å². The molecule has 0 saturated heterocycles. The van der Waals surface area contributed by atoms with Crippen LogP contribution in [0.15, 0.2) is 23.7 Å². The molecule has 0 spiro atoms. The lowest BCUT2D eigenvalue weighted by Gasteiger charge is -2.04. The number of hydrogen-bond acceptors (Lipinski definition) is 6. The predicted molar refractivity (Wildman–Crippen MR) is 75.5 cm³/mol. The molecule has 1 N–H and O–H groups in total. The second kappa shape index (κ2) is 6.25. The molecule has 1 amide bonds. The van der Waals surface area contributed by atoms with Crippen LogP contribution in [0.3, 0.4) is 0 Å². The number of carbonyl (C=O) groups is 2. The van der Waals surface area contributed by atoms with E-state index in [0.717, 1.165) is 0 Å². The molecule has 0 saturated carbocycles. The van der Waals surface area contributed by atoms with Crippen molar-refractivity contribution in [2.45, 2.75) is 13.8 Å². The average molecular weight is 291 g/mol. The van der Waals surface area contributed by atoms with E-state index in [-0.39, 0.29) is 11.7 Å². The number of hydrogen-bond donors (Lipinski definition) is 1. The van der Waals surface area contributed by atoms with Crippen LogP contribution in [0.2, 0.25) is 0 Å². The average Bonchev–Trinajstić information content (AvgIpc) is 2.88. The van der Waals surface area contributed by atoms with Crippen molar-refractivity contribution in [3.05, 3.63) is 35.0 Å². The first kappa shape index (κ1) is 14.1. The second-order valence-electron chi connectivity index (χ2n) is 3.86. The van der Waals surface area contributed by atoms with Crippen LogP contribution in [0.5, 0.6) is 5.88 Å². The van der Waals surface area contributed by atoms with Crippen molar-refractivity contribution in [1.29, 1.82) is 0 Å². The smallest absolute Gasteiger partial charge is 0.257 e. The molecule has 7 heteroatoms. The first-order valence-corrected chi connectivity index (χ1v) is 6.84. The molecular formula is C13H13N3O3S. The van der Waals surface area contributed by atoms with Gasteiger partial charge in [0.05, 0.1) is 6.61 Å². The number of aromatic nitrogens is 2. The highest BCUT2D eigenvalue weighted by Crippen LogP contribution is 2.17. The summed E-state index contributed by atoms with van der Waals surface area (Å²) in [5, 5.41) is 4.63. The van der Waals surface area contributed by atoms with Crippen LogP contribution < -0.4 is 10.1 Å². The lowest BCUT2D eigenvalue weighted by Crippen LogP contribution is -2.12. The number of pyridine rings is 1. The van der Waals surface area contributed by atoms with Crippen molar-refractivity contribution in [3.8, 4) is 5.88 Å². The third-order valence-corrected chi connectivity index (χ3v) is 3.13. The Balaban J connectivity index is 2.10. The van der Waals surface area contributed by atoms with Gasteiger partial charge in [-0.25, -0.2) is 9.97 Å². The van der Waals surface area contributed by atoms with Gasteiger partial charge in [0.15, 0.2) is 10.9 Å². The largest absolute Gasteiger partial charge is 0.478 e. The Morgan fingerprint density at radius 3 is 2.90 bits per heavy atom. The Hall–Kier alpha value is -2.28. The number of rotatable bonds is 5. The third kappa shape index (κ3) is 3.39. The summed E-state index contributed by atoms with van der Waals surface area (Å²) in [4.78, 5) is 31.2. The van der Waals surface area contributed by atoms with Gasteiger partial charge in [-0.1, -0.05) is 0 Å². The van der Waals surface area contributed by atoms with E-state index < -0.39 is 0 Å². The van der Waals surface area contributed by atoms with E-state index in [4.69, 9.17) is 4.74 Å². The fourth-order valence-electron chi connectivity index (χ4n) is 1.44. The number of carbonyl (C=O) groups excluding carboxylic acids is 2. The number of anilines is 1. The number of nitrogens with zero attached hydrogens (tertiary/aromatic N) is 2. The molecule has 0 atom stereocenters. The van der Waals surface area contributed by atoms with Crippen molar-refractivity contribution in [2.75, 3.05) is 11.9 Å². The van der Waals surface area contributed by atoms with Gasteiger partial charge in [-0.3, -0.25) is 14.9 Å². The first-order chi connectivity index (χ1) is 9.60. The number of thiazole rings is 1. The molecule has 0 aromatic carbocycles. The van der Waals surface area contributed by atoms with E-state index in [1.54, 1.807) is 17.5 Å². The summed E-state index contributed by atoms with van der Waals surface area (Å²) in [7, 11) is 0. The van der Waals surface area contributed by atoms with Gasteiger partial charge < -0.3 is 4.74 Å². The molecule has 20 heavy (non-hydrogen) atoms. The standard InChI is InChI=1S/C13H13N3O3S/c1-3-19-11-6-9(4-5-14-11)12(18)16-13-15-10(7-20-13)8(2)17/h4-7H,3H2,1-2H3,(H,15,16,18). The van der Waals surface area contributed by atoms with Gasteiger partial charge in [0.1, 0.15) is 5.69 Å². The molecule has 2 aromatic heterocycles. The van der Waals surface area contributed by atoms with Gasteiger partial charge in [-0.15, -0.1) is 11.3 Å². The number of amides is 1. The number of ketones is 1. The Morgan fingerprint density at radius 1 is 1.45 bits per heavy atom. The van der Waals surface area contributed by atoms with E-state index in [1.165, 1.54) is 24.5 Å². The van der Waals surface area contributed by atoms with Crippen LogP contribution in [0.1, 0.15) is 34.7 Å². The van der Waals surface area contributed by atoms with Gasteiger partial charge in [-0.05, 0) is 13.0 Å². The van der Waals surface area contributed by atoms with Crippen LogP contribution in [0, 0.1) is 0 Å². The van der Waals surface area contributed by atoms with Crippen LogP contribution in [-0.4, -0.2) is 28.3 Å². The minimum Gasteiger partial charge on any atom is -0.478 e. The predicted octanol–water partition coefficient (Wildman–Crippen LogP) is 2.39. The van der Waals surface area contributed by atoms with Crippen LogP contribution >= 0.6 is 11.3 Å². The Kier molecular flexibility index (Phi) is 4.41. The SMILES string of the molecule is CCOc1cc(C(=O)Nc2nc(C(C)=O)cs2)ccn1. The molecule has 0 aliphatic carbocycles. The van der Waals surface area contributed by atoms with Gasteiger partial charge in [-0.2, -0.15) is 0 Å². The highest BCUT2D eigenvalue weighted by molar-refractivity contribution is 7.14. The molecular weight excluding hydrogens is 278 g/mol. The Morgan fingerprint density at radius 2 is 2.25 bits per heavy atom. The normalized spacial score (nSPS) is 10.1. The van der Waals surface area contributed by atoms with E-state index in [9.17, 15) is 9.59 Å². The van der Waals surface area contributed by atoms with E-state index in [0.29, 0.717) is 28.9 Å². The molecule has 0 fully saturated rings. The van der Waals surface area contributed by atoms with E-state index >= 15 is 0 Å². The summed E-state index contributed by atoms with van der Waals surface area (Å²) < 4.78 is 5.23. The fourth-order valence-corrected chi connectivity index (χ4v) is 2.18. The zero-order valence-corrected chi connectivity index (χ0v) is 11.9. The van der Waals surface area contributed by atoms with Gasteiger partial charge >= 0.3 is 0 Å². The summed E-state index contributed by atoms with van der Waals surface area (Å²) in [6, 6.07) is 3.13. The van der Waals surface area contributed by atoms with Gasteiger partial charge in [0, 0.05) is 30.1 Å². The van der Waals surface area contributed by atoms with Crippen molar-refractivity contribution in [1.82, 2.24) is 9.97 Å². The van der Waals surface area contributed by atoms with E-state index in [1.807, 2.05) is 6.92 Å². The summed E-state index contributed by atoms with van der Waals surface area (Å²) in [5.41, 5.74) is 0.762. The molecule has 0 aliphatic heterocycles. The number of ether oxygens (including phenoxy) is 1. The molecule has 6 nitrogen and oxygen atoms in total. The molecule has 0 aliphatic rings. The van der Waals surface area contributed by atoms with Crippen LogP contribution in [-0.2, 0) is 0 Å². The minimum absolute atomic E-state index is 0.135. The van der Waals surface area contributed by atoms with Crippen molar-refractivity contribution in [3.63, 3.8) is 0 Å². The molecule has 0 bridgehead atoms. The number of Topliss-reactive ketones (excluding diaryl/α,β-unsaturated/α-hetero) is 1. The highest BCUT2D eigenvalue weighted by Gasteiger charge is 2.11. The summed E-state index contributed by atoms with van der Waals surface area (Å²) >= 11 is 1.20. The lowest BCUT2D eigenvalue weighted by molar-refractivity contribution is 0.100. The monoisotopic (exact) mass is 291 g/mol. The maximum absolute atomic E-state index is 12.0. The molecule has 2 aromatic rings. The number of nitrogens with one attached hydrogen (secondary N) is 1. The molecule has 0 radical (unpaired) electrons. The third-order valence-electron chi connectivity index (χ3n) is 2.37. The Labute approximate surface area is 119 Å². The Bertz CT molecular complexity index is 639. The second-order valence-corrected chi connectivity index (χ2v) is 4.72.